The standard InChI is InChI=1S/C22H31BrN2O2.ClH/c1-3-5-11-25(12-6-4-2)14-17-8-7-15-13-16-9-10-18(26)24-21(16)20(23)19(15)22(17)27;/h13,17H,3-12,14H2,1-2H3,(H,24,26);1H. The van der Waals surface area contributed by atoms with Crippen LogP contribution in [-0.2, 0) is 17.6 Å². The van der Waals surface area contributed by atoms with Crippen LogP contribution in [0.4, 0.5) is 5.69 Å². The fraction of sp³-hybridized carbons (Fsp3) is 0.636. The molecule has 1 aliphatic heterocycles. The van der Waals surface area contributed by atoms with E-state index in [0.29, 0.717) is 6.42 Å². The number of nitrogens with zero attached hydrogens (tertiary/aromatic N) is 1. The van der Waals surface area contributed by atoms with Crippen molar-refractivity contribution in [1.29, 1.82) is 0 Å². The molecule has 2 aliphatic rings. The lowest BCUT2D eigenvalue weighted by Crippen LogP contribution is -2.37. The van der Waals surface area contributed by atoms with E-state index in [9.17, 15) is 9.59 Å². The zero-order valence-corrected chi connectivity index (χ0v) is 19.4. The molecule has 0 spiro atoms. The molecule has 0 saturated carbocycles. The molecule has 4 nitrogen and oxygen atoms in total. The van der Waals surface area contributed by atoms with Crippen LogP contribution in [0, 0.1) is 5.92 Å². The summed E-state index contributed by atoms with van der Waals surface area (Å²) in [6, 6.07) is 2.15. The predicted molar refractivity (Wildman–Crippen MR) is 121 cm³/mol. The molecule has 0 fully saturated rings. The van der Waals surface area contributed by atoms with Crippen molar-refractivity contribution in [2.45, 2.75) is 65.2 Å². The first-order valence-electron chi connectivity index (χ1n) is 10.5. The van der Waals surface area contributed by atoms with Crippen LogP contribution in [0.25, 0.3) is 0 Å². The number of aryl methyl sites for hydroxylation is 2. The van der Waals surface area contributed by atoms with E-state index < -0.39 is 0 Å². The van der Waals surface area contributed by atoms with Crippen LogP contribution in [0.15, 0.2) is 10.5 Å². The monoisotopic (exact) mass is 470 g/mol. The third-order valence-electron chi connectivity index (χ3n) is 5.83. The van der Waals surface area contributed by atoms with Gasteiger partial charge in [-0.25, -0.2) is 0 Å². The highest BCUT2D eigenvalue weighted by molar-refractivity contribution is 9.10. The molecule has 3 rings (SSSR count). The summed E-state index contributed by atoms with van der Waals surface area (Å²) < 4.78 is 0.798. The smallest absolute Gasteiger partial charge is 0.224 e. The van der Waals surface area contributed by atoms with E-state index in [4.69, 9.17) is 0 Å². The predicted octanol–water partition coefficient (Wildman–Crippen LogP) is 5.40. The van der Waals surface area contributed by atoms with Crippen LogP contribution in [0.1, 0.15) is 73.9 Å². The number of hydrogen-bond acceptors (Lipinski definition) is 3. The SMILES string of the molecule is CCCCN(CCCC)CC1CCc2cc3c(c(Br)c2C1=O)NC(=O)CC3.Cl. The molecular formula is C22H32BrClN2O2. The average molecular weight is 472 g/mol. The number of Topliss-reactive ketones (excluding diaryl/α,β-unsaturated/α-hetero) is 1. The number of rotatable bonds is 8. The molecule has 0 radical (unpaired) electrons. The van der Waals surface area contributed by atoms with Crippen molar-refractivity contribution in [3.05, 3.63) is 27.2 Å². The van der Waals surface area contributed by atoms with Crippen LogP contribution in [0.2, 0.25) is 0 Å². The zero-order valence-electron chi connectivity index (χ0n) is 17.0. The van der Waals surface area contributed by atoms with Gasteiger partial charge in [-0.3, -0.25) is 9.59 Å². The van der Waals surface area contributed by atoms with Gasteiger partial charge >= 0.3 is 0 Å². The molecule has 0 aromatic heterocycles. The van der Waals surface area contributed by atoms with Crippen molar-refractivity contribution >= 4 is 45.7 Å². The molecule has 1 unspecified atom stereocenters. The summed E-state index contributed by atoms with van der Waals surface area (Å²) in [4.78, 5) is 27.6. The number of hydrogen-bond donors (Lipinski definition) is 1. The van der Waals surface area contributed by atoms with Crippen molar-refractivity contribution in [2.24, 2.45) is 5.92 Å². The van der Waals surface area contributed by atoms with Gasteiger partial charge in [0.1, 0.15) is 0 Å². The number of fused-ring (bicyclic) bond motifs is 2. The van der Waals surface area contributed by atoms with Crippen molar-refractivity contribution < 1.29 is 9.59 Å². The Morgan fingerprint density at radius 1 is 1.07 bits per heavy atom. The molecule has 28 heavy (non-hydrogen) atoms. The van der Waals surface area contributed by atoms with E-state index >= 15 is 0 Å². The lowest BCUT2D eigenvalue weighted by atomic mass is 9.80. The van der Waals surface area contributed by atoms with Crippen molar-refractivity contribution in [2.75, 3.05) is 25.0 Å². The van der Waals surface area contributed by atoms with Gasteiger partial charge in [0.05, 0.1) is 10.2 Å². The molecule has 1 aliphatic carbocycles. The highest BCUT2D eigenvalue weighted by Gasteiger charge is 2.33. The van der Waals surface area contributed by atoms with Crippen LogP contribution in [-0.4, -0.2) is 36.2 Å². The quantitative estimate of drug-likeness (QED) is 0.552. The Bertz CT molecular complexity index is 715. The van der Waals surface area contributed by atoms with Gasteiger partial charge in [-0.2, -0.15) is 0 Å². The van der Waals surface area contributed by atoms with Gasteiger partial charge in [-0.05, 0) is 72.3 Å². The van der Waals surface area contributed by atoms with Crippen LogP contribution >= 0.6 is 28.3 Å². The summed E-state index contributed by atoms with van der Waals surface area (Å²) in [7, 11) is 0. The van der Waals surface area contributed by atoms with Gasteiger partial charge in [0.2, 0.25) is 5.91 Å². The van der Waals surface area contributed by atoms with Crippen molar-refractivity contribution in [3.8, 4) is 0 Å². The van der Waals surface area contributed by atoms with Crippen LogP contribution in [0.5, 0.6) is 0 Å². The minimum atomic E-state index is 0. The van der Waals surface area contributed by atoms with Gasteiger partial charge in [0.15, 0.2) is 5.78 Å². The number of ketones is 1. The van der Waals surface area contributed by atoms with Gasteiger partial charge in [0, 0.05) is 24.4 Å². The minimum absolute atomic E-state index is 0. The van der Waals surface area contributed by atoms with E-state index in [-0.39, 0.29) is 30.0 Å². The highest BCUT2D eigenvalue weighted by Crippen LogP contribution is 2.40. The molecule has 1 atom stereocenters. The maximum absolute atomic E-state index is 13.3. The van der Waals surface area contributed by atoms with E-state index in [1.807, 2.05) is 0 Å². The van der Waals surface area contributed by atoms with Crippen LogP contribution < -0.4 is 5.32 Å². The molecular weight excluding hydrogens is 440 g/mol. The molecule has 1 amide bonds. The summed E-state index contributed by atoms with van der Waals surface area (Å²) in [5, 5.41) is 2.96. The highest BCUT2D eigenvalue weighted by atomic mass is 79.9. The van der Waals surface area contributed by atoms with Gasteiger partial charge in [-0.1, -0.05) is 32.8 Å². The zero-order chi connectivity index (χ0) is 19.4. The lowest BCUT2D eigenvalue weighted by molar-refractivity contribution is -0.116. The Balaban J connectivity index is 0.00000280. The maximum Gasteiger partial charge on any atom is 0.224 e. The first-order valence-corrected chi connectivity index (χ1v) is 11.2. The minimum Gasteiger partial charge on any atom is -0.325 e. The second-order valence-corrected chi connectivity index (χ2v) is 8.71. The second kappa shape index (κ2) is 10.7. The summed E-state index contributed by atoms with van der Waals surface area (Å²) in [5.41, 5.74) is 3.91. The fourth-order valence-corrected chi connectivity index (χ4v) is 5.02. The largest absolute Gasteiger partial charge is 0.325 e. The number of anilines is 1. The second-order valence-electron chi connectivity index (χ2n) is 7.91. The topological polar surface area (TPSA) is 49.4 Å². The Morgan fingerprint density at radius 2 is 1.75 bits per heavy atom. The van der Waals surface area contributed by atoms with Crippen molar-refractivity contribution in [3.63, 3.8) is 0 Å². The number of halogens is 2. The van der Waals surface area contributed by atoms with Crippen molar-refractivity contribution in [1.82, 2.24) is 4.90 Å². The van der Waals surface area contributed by atoms with Gasteiger partial charge in [0.25, 0.3) is 0 Å². The van der Waals surface area contributed by atoms with E-state index in [1.165, 1.54) is 25.7 Å². The summed E-state index contributed by atoms with van der Waals surface area (Å²) >= 11 is 3.65. The third-order valence-corrected chi connectivity index (χ3v) is 6.62. The molecule has 156 valence electrons. The van der Waals surface area contributed by atoms with Crippen LogP contribution in [0.3, 0.4) is 0 Å². The Kier molecular flexibility index (Phi) is 8.97. The molecule has 1 heterocycles. The van der Waals surface area contributed by atoms with E-state index in [0.717, 1.165) is 65.7 Å². The Labute approximate surface area is 183 Å². The molecule has 1 N–H and O–H groups in total. The molecule has 1 aromatic carbocycles. The summed E-state index contributed by atoms with van der Waals surface area (Å²) in [5.74, 6) is 0.330. The van der Waals surface area contributed by atoms with Gasteiger partial charge < -0.3 is 10.2 Å². The number of carbonyl (C=O) groups excluding carboxylic acids is 2. The number of carbonyl (C=O) groups is 2. The third kappa shape index (κ3) is 5.17. The van der Waals surface area contributed by atoms with Gasteiger partial charge in [-0.15, -0.1) is 12.4 Å². The number of nitrogens with one attached hydrogen (secondary N) is 1. The van der Waals surface area contributed by atoms with E-state index in [1.54, 1.807) is 0 Å². The molecule has 0 saturated heterocycles. The fourth-order valence-electron chi connectivity index (χ4n) is 4.22. The first-order chi connectivity index (χ1) is 13.0. The molecule has 6 heteroatoms. The molecule has 0 bridgehead atoms. The van der Waals surface area contributed by atoms with E-state index in [2.05, 4.69) is 46.1 Å². The summed E-state index contributed by atoms with van der Waals surface area (Å²) in [6.07, 6.45) is 7.89. The number of amides is 1. The number of unbranched alkanes of at least 4 members (excludes halogenated alkanes) is 2. The normalized spacial score (nSPS) is 18.4. The lowest BCUT2D eigenvalue weighted by Gasteiger charge is -2.32. The first kappa shape index (κ1) is 23.4. The Hall–Kier alpha value is -0.910. The maximum atomic E-state index is 13.3. The average Bonchev–Trinajstić information content (AvgIpc) is 2.66. The number of benzene rings is 1. The Morgan fingerprint density at radius 3 is 2.39 bits per heavy atom. The molecule has 1 aromatic rings. The summed E-state index contributed by atoms with van der Waals surface area (Å²) in [6.45, 7) is 7.44.